The molecule has 0 spiro atoms. The normalized spacial score (nSPS) is 11.6. The minimum Gasteiger partial charge on any atom is -0.490 e. The van der Waals surface area contributed by atoms with Crippen LogP contribution >= 0.6 is 0 Å². The van der Waals surface area contributed by atoms with Crippen LogP contribution in [-0.2, 0) is 0 Å². The number of aliphatic hydroxyl groups excluding tert-OH is 1. The highest BCUT2D eigenvalue weighted by atomic mass is 16.5. The molecule has 2 rings (SSSR count). The van der Waals surface area contributed by atoms with E-state index in [0.717, 1.165) is 5.56 Å². The smallest absolute Gasteiger partial charge is 0.255 e. The van der Waals surface area contributed by atoms with Crippen LogP contribution in [0.15, 0.2) is 36.4 Å². The molecular weight excluding hydrogens is 346 g/mol. The van der Waals surface area contributed by atoms with Crippen molar-refractivity contribution in [1.29, 1.82) is 0 Å². The van der Waals surface area contributed by atoms with E-state index in [1.165, 1.54) is 0 Å². The third kappa shape index (κ3) is 5.37. The van der Waals surface area contributed by atoms with Crippen molar-refractivity contribution in [2.45, 2.75) is 33.8 Å². The van der Waals surface area contributed by atoms with Crippen molar-refractivity contribution in [2.24, 2.45) is 0 Å². The molecular formula is C21H27NO5. The molecule has 0 aliphatic heterocycles. The Balaban J connectivity index is 2.35. The molecule has 146 valence electrons. The van der Waals surface area contributed by atoms with Crippen molar-refractivity contribution in [1.82, 2.24) is 0 Å². The van der Waals surface area contributed by atoms with Crippen molar-refractivity contribution in [3.05, 3.63) is 47.5 Å². The van der Waals surface area contributed by atoms with E-state index in [0.29, 0.717) is 48.3 Å². The summed E-state index contributed by atoms with van der Waals surface area (Å²) in [4.78, 5) is 12.8. The van der Waals surface area contributed by atoms with E-state index in [4.69, 9.17) is 14.2 Å². The van der Waals surface area contributed by atoms with Crippen LogP contribution in [0.4, 0.5) is 5.69 Å². The van der Waals surface area contributed by atoms with E-state index >= 15 is 0 Å². The summed E-state index contributed by atoms with van der Waals surface area (Å²) in [6.45, 7) is 8.62. The second-order valence-corrected chi connectivity index (χ2v) is 5.86. The Bertz CT molecular complexity index is 746. The first-order valence-electron chi connectivity index (χ1n) is 9.15. The van der Waals surface area contributed by atoms with E-state index in [-0.39, 0.29) is 5.91 Å². The molecule has 27 heavy (non-hydrogen) atoms. The summed E-state index contributed by atoms with van der Waals surface area (Å²) < 4.78 is 17.0. The zero-order valence-corrected chi connectivity index (χ0v) is 16.2. The summed E-state index contributed by atoms with van der Waals surface area (Å²) in [7, 11) is 0. The van der Waals surface area contributed by atoms with Gasteiger partial charge in [-0.2, -0.15) is 0 Å². The Labute approximate surface area is 160 Å². The molecule has 0 fully saturated rings. The number of anilines is 1. The van der Waals surface area contributed by atoms with Crippen LogP contribution in [0.3, 0.4) is 0 Å². The van der Waals surface area contributed by atoms with E-state index < -0.39 is 6.10 Å². The predicted octanol–water partition coefficient (Wildman–Crippen LogP) is 4.19. The molecule has 1 unspecified atom stereocenters. The Morgan fingerprint density at radius 3 is 2.11 bits per heavy atom. The van der Waals surface area contributed by atoms with Gasteiger partial charge in [-0.25, -0.2) is 0 Å². The molecule has 0 bridgehead atoms. The van der Waals surface area contributed by atoms with Crippen LogP contribution in [0.2, 0.25) is 0 Å². The van der Waals surface area contributed by atoms with E-state index in [1.807, 2.05) is 20.8 Å². The van der Waals surface area contributed by atoms with Gasteiger partial charge in [-0.3, -0.25) is 4.79 Å². The lowest BCUT2D eigenvalue weighted by atomic mass is 10.1. The maximum absolute atomic E-state index is 12.8. The van der Waals surface area contributed by atoms with Crippen molar-refractivity contribution < 1.29 is 24.1 Å². The van der Waals surface area contributed by atoms with Crippen molar-refractivity contribution >= 4 is 11.6 Å². The highest BCUT2D eigenvalue weighted by molar-refractivity contribution is 6.05. The fourth-order valence-electron chi connectivity index (χ4n) is 2.60. The number of nitrogens with one attached hydrogen (secondary N) is 1. The van der Waals surface area contributed by atoms with Crippen LogP contribution in [0.25, 0.3) is 0 Å². The van der Waals surface area contributed by atoms with Gasteiger partial charge in [-0.15, -0.1) is 0 Å². The minimum atomic E-state index is -0.610. The number of carbonyl (C=O) groups is 1. The lowest BCUT2D eigenvalue weighted by molar-refractivity contribution is 0.102. The maximum atomic E-state index is 12.8. The predicted molar refractivity (Wildman–Crippen MR) is 105 cm³/mol. The van der Waals surface area contributed by atoms with Gasteiger partial charge in [0.15, 0.2) is 11.5 Å². The molecule has 6 heteroatoms. The highest BCUT2D eigenvalue weighted by Crippen LogP contribution is 2.39. The maximum Gasteiger partial charge on any atom is 0.255 e. The highest BCUT2D eigenvalue weighted by Gasteiger charge is 2.18. The first-order valence-corrected chi connectivity index (χ1v) is 9.15. The third-order valence-corrected chi connectivity index (χ3v) is 3.80. The number of amides is 1. The average molecular weight is 373 g/mol. The number of carbonyl (C=O) groups excluding carboxylic acids is 1. The summed E-state index contributed by atoms with van der Waals surface area (Å²) in [5, 5.41) is 12.6. The Morgan fingerprint density at radius 1 is 1.00 bits per heavy atom. The summed E-state index contributed by atoms with van der Waals surface area (Å²) in [6.07, 6.45) is -0.610. The molecule has 2 N–H and O–H groups in total. The average Bonchev–Trinajstić information content (AvgIpc) is 2.64. The van der Waals surface area contributed by atoms with Crippen LogP contribution in [0.1, 0.15) is 49.7 Å². The number of ether oxygens (including phenoxy) is 3. The van der Waals surface area contributed by atoms with E-state index in [9.17, 15) is 9.90 Å². The third-order valence-electron chi connectivity index (χ3n) is 3.80. The molecule has 2 aromatic rings. The summed E-state index contributed by atoms with van der Waals surface area (Å²) >= 11 is 0. The number of hydrogen-bond acceptors (Lipinski definition) is 5. The van der Waals surface area contributed by atoms with Gasteiger partial charge in [0.05, 0.1) is 25.9 Å². The summed E-state index contributed by atoms with van der Waals surface area (Å²) in [5.41, 5.74) is 1.72. The number of benzene rings is 2. The lowest BCUT2D eigenvalue weighted by Gasteiger charge is -2.17. The second-order valence-electron chi connectivity index (χ2n) is 5.86. The topological polar surface area (TPSA) is 77.0 Å². The molecule has 1 atom stereocenters. The Kier molecular flexibility index (Phi) is 7.49. The molecule has 0 radical (unpaired) electrons. The van der Waals surface area contributed by atoms with Crippen molar-refractivity contribution in [2.75, 3.05) is 25.1 Å². The van der Waals surface area contributed by atoms with Crippen LogP contribution in [-0.4, -0.2) is 30.8 Å². The molecule has 0 aliphatic carbocycles. The number of rotatable bonds is 9. The standard InChI is InChI=1S/C21H27NO5/c1-5-25-18-12-16(13-19(26-6-2)20(18)27-7-3)21(24)22-17-10-8-9-15(11-17)14(4)23/h8-14,23H,5-7H2,1-4H3,(H,22,24). The summed E-state index contributed by atoms with van der Waals surface area (Å²) in [6, 6.07) is 10.4. The van der Waals surface area contributed by atoms with Gasteiger partial charge in [-0.05, 0) is 57.5 Å². The van der Waals surface area contributed by atoms with Gasteiger partial charge in [0, 0.05) is 11.3 Å². The van der Waals surface area contributed by atoms with Crippen molar-refractivity contribution in [3.63, 3.8) is 0 Å². The zero-order valence-electron chi connectivity index (χ0n) is 16.2. The monoisotopic (exact) mass is 373 g/mol. The SMILES string of the molecule is CCOc1cc(C(=O)Nc2cccc(C(C)O)c2)cc(OCC)c1OCC. The molecule has 0 saturated carbocycles. The van der Waals surface area contributed by atoms with Crippen LogP contribution < -0.4 is 19.5 Å². The van der Waals surface area contributed by atoms with Gasteiger partial charge in [0.2, 0.25) is 5.75 Å². The molecule has 0 aliphatic rings. The summed E-state index contributed by atoms with van der Waals surface area (Å²) in [5.74, 6) is 1.12. The van der Waals surface area contributed by atoms with Crippen LogP contribution in [0, 0.1) is 0 Å². The van der Waals surface area contributed by atoms with Crippen LogP contribution in [0.5, 0.6) is 17.2 Å². The Morgan fingerprint density at radius 2 is 1.59 bits per heavy atom. The van der Waals surface area contributed by atoms with Gasteiger partial charge < -0.3 is 24.6 Å². The number of hydrogen-bond donors (Lipinski definition) is 2. The quantitative estimate of drug-likeness (QED) is 0.689. The fraction of sp³-hybridized carbons (Fsp3) is 0.381. The molecule has 1 amide bonds. The first-order chi connectivity index (χ1) is 13.0. The first kappa shape index (κ1) is 20.6. The van der Waals surface area contributed by atoms with Gasteiger partial charge in [0.1, 0.15) is 0 Å². The molecule has 0 heterocycles. The van der Waals surface area contributed by atoms with E-state index in [2.05, 4.69) is 5.32 Å². The van der Waals surface area contributed by atoms with Gasteiger partial charge >= 0.3 is 0 Å². The number of aliphatic hydroxyl groups is 1. The Hall–Kier alpha value is -2.73. The van der Waals surface area contributed by atoms with Crippen molar-refractivity contribution in [3.8, 4) is 17.2 Å². The van der Waals surface area contributed by atoms with Gasteiger partial charge in [0.25, 0.3) is 5.91 Å². The lowest BCUT2D eigenvalue weighted by Crippen LogP contribution is -2.13. The molecule has 0 saturated heterocycles. The molecule has 6 nitrogen and oxygen atoms in total. The molecule has 0 aromatic heterocycles. The largest absolute Gasteiger partial charge is 0.490 e. The minimum absolute atomic E-state index is 0.303. The fourth-order valence-corrected chi connectivity index (χ4v) is 2.60. The molecule has 2 aromatic carbocycles. The van der Waals surface area contributed by atoms with E-state index in [1.54, 1.807) is 43.3 Å². The zero-order chi connectivity index (χ0) is 19.8. The van der Waals surface area contributed by atoms with Gasteiger partial charge in [-0.1, -0.05) is 12.1 Å². The second kappa shape index (κ2) is 9.83.